The Balaban J connectivity index is 1.54. The molecule has 0 saturated heterocycles. The van der Waals surface area contributed by atoms with Crippen molar-refractivity contribution >= 4 is 39.8 Å². The number of unbranched alkanes of at least 4 members (excludes halogenated alkanes) is 1. The number of halogens is 1. The number of anilines is 1. The molecule has 126 valence electrons. The Labute approximate surface area is 153 Å². The summed E-state index contributed by atoms with van der Waals surface area (Å²) in [5, 5.41) is 13.1. The van der Waals surface area contributed by atoms with Gasteiger partial charge in [-0.05, 0) is 30.7 Å². The first kappa shape index (κ1) is 17.3. The molecular formula is C16H17ClN4OS2. The van der Waals surface area contributed by atoms with Crippen LogP contribution in [-0.4, -0.2) is 21.7 Å². The minimum absolute atomic E-state index is 0.622. The van der Waals surface area contributed by atoms with Crippen molar-refractivity contribution in [1.29, 1.82) is 0 Å². The molecule has 2 heterocycles. The van der Waals surface area contributed by atoms with Crippen LogP contribution >= 0.6 is 34.7 Å². The lowest BCUT2D eigenvalue weighted by atomic mass is 10.2. The lowest BCUT2D eigenvalue weighted by Crippen LogP contribution is -1.99. The molecule has 0 amide bonds. The molecule has 0 radical (unpaired) electrons. The van der Waals surface area contributed by atoms with Gasteiger partial charge in [0.1, 0.15) is 0 Å². The summed E-state index contributed by atoms with van der Waals surface area (Å²) in [6.07, 6.45) is 4.02. The smallest absolute Gasteiger partial charge is 0.206 e. The largest absolute Gasteiger partial charge is 0.440 e. The van der Waals surface area contributed by atoms with E-state index >= 15 is 0 Å². The Bertz CT molecular complexity index is 772. The van der Waals surface area contributed by atoms with Gasteiger partial charge in [0, 0.05) is 17.1 Å². The van der Waals surface area contributed by atoms with E-state index in [-0.39, 0.29) is 0 Å². The van der Waals surface area contributed by atoms with Crippen molar-refractivity contribution in [3.05, 3.63) is 41.4 Å². The molecule has 1 aromatic carbocycles. The van der Waals surface area contributed by atoms with Gasteiger partial charge in [-0.15, -0.1) is 10.2 Å². The molecular weight excluding hydrogens is 364 g/mol. The predicted molar refractivity (Wildman–Crippen MR) is 99.8 cm³/mol. The van der Waals surface area contributed by atoms with Crippen LogP contribution in [0.2, 0.25) is 5.02 Å². The van der Waals surface area contributed by atoms with Gasteiger partial charge in [0.05, 0.1) is 11.9 Å². The van der Waals surface area contributed by atoms with E-state index in [1.165, 1.54) is 0 Å². The first-order valence-corrected chi connectivity index (χ1v) is 9.83. The third-order valence-corrected chi connectivity index (χ3v) is 5.47. The summed E-state index contributed by atoms with van der Waals surface area (Å²) in [4.78, 5) is 4.32. The van der Waals surface area contributed by atoms with Gasteiger partial charge in [0.2, 0.25) is 11.0 Å². The zero-order chi connectivity index (χ0) is 16.8. The third kappa shape index (κ3) is 4.72. The number of rotatable bonds is 8. The van der Waals surface area contributed by atoms with Crippen LogP contribution in [0, 0.1) is 0 Å². The van der Waals surface area contributed by atoms with Crippen LogP contribution < -0.4 is 5.32 Å². The molecule has 0 fully saturated rings. The molecule has 0 bridgehead atoms. The SMILES string of the molecule is CCCCNc1nnc(SCc2ncc(-c3ccc(Cl)cc3)o2)s1. The minimum atomic E-state index is 0.622. The highest BCUT2D eigenvalue weighted by Gasteiger charge is 2.09. The zero-order valence-electron chi connectivity index (χ0n) is 13.2. The maximum Gasteiger partial charge on any atom is 0.206 e. The Morgan fingerprint density at radius 2 is 2.08 bits per heavy atom. The molecule has 0 aliphatic rings. The molecule has 0 unspecified atom stereocenters. The number of hydrogen-bond acceptors (Lipinski definition) is 7. The molecule has 3 aromatic rings. The number of hydrogen-bond donors (Lipinski definition) is 1. The average molecular weight is 381 g/mol. The molecule has 0 aliphatic heterocycles. The van der Waals surface area contributed by atoms with Crippen molar-refractivity contribution < 1.29 is 4.42 Å². The van der Waals surface area contributed by atoms with Crippen molar-refractivity contribution in [3.8, 4) is 11.3 Å². The monoisotopic (exact) mass is 380 g/mol. The molecule has 0 saturated carbocycles. The highest BCUT2D eigenvalue weighted by Crippen LogP contribution is 2.29. The summed E-state index contributed by atoms with van der Waals surface area (Å²) in [5.74, 6) is 2.03. The van der Waals surface area contributed by atoms with E-state index in [0.29, 0.717) is 16.7 Å². The number of thioether (sulfide) groups is 1. The van der Waals surface area contributed by atoms with Crippen LogP contribution in [-0.2, 0) is 5.75 Å². The van der Waals surface area contributed by atoms with Crippen LogP contribution in [0.1, 0.15) is 25.7 Å². The summed E-state index contributed by atoms with van der Waals surface area (Å²) in [5.41, 5.74) is 0.960. The van der Waals surface area contributed by atoms with E-state index in [1.807, 2.05) is 24.3 Å². The highest BCUT2D eigenvalue weighted by atomic mass is 35.5. The molecule has 0 atom stereocenters. The Morgan fingerprint density at radius 1 is 1.25 bits per heavy atom. The van der Waals surface area contributed by atoms with Crippen LogP contribution in [0.25, 0.3) is 11.3 Å². The van der Waals surface area contributed by atoms with Gasteiger partial charge in [-0.1, -0.05) is 48.0 Å². The van der Waals surface area contributed by atoms with E-state index in [9.17, 15) is 0 Å². The molecule has 0 spiro atoms. The fourth-order valence-corrected chi connectivity index (χ4v) is 3.72. The average Bonchev–Trinajstić information content (AvgIpc) is 3.23. The van der Waals surface area contributed by atoms with E-state index in [1.54, 1.807) is 29.3 Å². The fraction of sp³-hybridized carbons (Fsp3) is 0.312. The number of nitrogens with zero attached hydrogens (tertiary/aromatic N) is 3. The molecule has 2 aromatic heterocycles. The third-order valence-electron chi connectivity index (χ3n) is 3.21. The van der Waals surface area contributed by atoms with Gasteiger partial charge in [0.25, 0.3) is 0 Å². The molecule has 24 heavy (non-hydrogen) atoms. The Morgan fingerprint density at radius 3 is 2.88 bits per heavy atom. The summed E-state index contributed by atoms with van der Waals surface area (Å²) in [6.45, 7) is 3.09. The van der Waals surface area contributed by atoms with E-state index in [0.717, 1.165) is 40.2 Å². The highest BCUT2D eigenvalue weighted by molar-refractivity contribution is 8.00. The van der Waals surface area contributed by atoms with Gasteiger partial charge >= 0.3 is 0 Å². The van der Waals surface area contributed by atoms with Crippen LogP contribution in [0.5, 0.6) is 0 Å². The van der Waals surface area contributed by atoms with Gasteiger partial charge in [-0.25, -0.2) is 4.98 Å². The summed E-state index contributed by atoms with van der Waals surface area (Å²) in [7, 11) is 0. The maximum absolute atomic E-state index is 5.90. The second-order valence-corrected chi connectivity index (χ2v) is 7.70. The summed E-state index contributed by atoms with van der Waals surface area (Å²) >= 11 is 9.02. The lowest BCUT2D eigenvalue weighted by molar-refractivity contribution is 0.530. The topological polar surface area (TPSA) is 63.8 Å². The van der Waals surface area contributed by atoms with E-state index < -0.39 is 0 Å². The number of aromatic nitrogens is 3. The van der Waals surface area contributed by atoms with Crippen LogP contribution in [0.15, 0.2) is 39.2 Å². The van der Waals surface area contributed by atoms with Gasteiger partial charge in [0.15, 0.2) is 10.1 Å². The van der Waals surface area contributed by atoms with Crippen LogP contribution in [0.4, 0.5) is 5.13 Å². The first-order valence-electron chi connectivity index (χ1n) is 7.65. The van der Waals surface area contributed by atoms with E-state index in [4.69, 9.17) is 16.0 Å². The van der Waals surface area contributed by atoms with E-state index in [2.05, 4.69) is 27.4 Å². The second-order valence-electron chi connectivity index (χ2n) is 5.07. The zero-order valence-corrected chi connectivity index (χ0v) is 15.5. The van der Waals surface area contributed by atoms with Crippen LogP contribution in [0.3, 0.4) is 0 Å². The van der Waals surface area contributed by atoms with Crippen molar-refractivity contribution in [2.75, 3.05) is 11.9 Å². The molecule has 8 heteroatoms. The Hall–Kier alpha value is -1.57. The van der Waals surface area contributed by atoms with Gasteiger partial charge in [-0.2, -0.15) is 0 Å². The quantitative estimate of drug-likeness (QED) is 0.419. The standard InChI is InChI=1S/C16H17ClN4OS2/c1-2-3-8-18-15-20-21-16(24-15)23-10-14-19-9-13(22-14)11-4-6-12(17)7-5-11/h4-7,9H,2-3,8,10H2,1H3,(H,18,20). The summed E-state index contributed by atoms with van der Waals surface area (Å²) in [6, 6.07) is 7.50. The maximum atomic E-state index is 5.90. The molecule has 0 aliphatic carbocycles. The van der Waals surface area contributed by atoms with Crippen molar-refractivity contribution in [1.82, 2.24) is 15.2 Å². The normalized spacial score (nSPS) is 10.9. The first-order chi connectivity index (χ1) is 11.7. The number of nitrogens with one attached hydrogen (secondary N) is 1. The van der Waals surface area contributed by atoms with Crippen molar-refractivity contribution in [2.24, 2.45) is 0 Å². The van der Waals surface area contributed by atoms with Gasteiger partial charge < -0.3 is 9.73 Å². The van der Waals surface area contributed by atoms with Crippen molar-refractivity contribution in [3.63, 3.8) is 0 Å². The lowest BCUT2D eigenvalue weighted by Gasteiger charge is -1.97. The van der Waals surface area contributed by atoms with Crippen molar-refractivity contribution in [2.45, 2.75) is 29.9 Å². The number of benzene rings is 1. The Kier molecular flexibility index (Phi) is 6.12. The second kappa shape index (κ2) is 8.50. The minimum Gasteiger partial charge on any atom is -0.440 e. The molecule has 5 nitrogen and oxygen atoms in total. The predicted octanol–water partition coefficient (Wildman–Crippen LogP) is 5.35. The van der Waals surface area contributed by atoms with Gasteiger partial charge in [-0.3, -0.25) is 0 Å². The summed E-state index contributed by atoms with van der Waals surface area (Å²) < 4.78 is 6.69. The number of oxazole rings is 1. The molecule has 1 N–H and O–H groups in total. The fourth-order valence-electron chi connectivity index (χ4n) is 1.96. The molecule has 3 rings (SSSR count).